The Morgan fingerprint density at radius 3 is 3.19 bits per heavy atom. The van der Waals surface area contributed by atoms with Gasteiger partial charge in [-0.25, -0.2) is 4.98 Å². The third kappa shape index (κ3) is 4.26. The monoisotopic (exact) mass is 328 g/mol. The molecule has 0 spiro atoms. The van der Waals surface area contributed by atoms with Crippen LogP contribution in [0.15, 0.2) is 16.4 Å². The van der Waals surface area contributed by atoms with Gasteiger partial charge in [0.1, 0.15) is 11.6 Å². The standard InChI is InChI=1S/C12H16N4O3S2/c1-2-19-11(18)9(13)3-4-20-6-8-5-10(17)16-12(15-8)21-7-14-16/h5,7,9H,2-4,6,13H2,1H3. The van der Waals surface area contributed by atoms with Crippen LogP contribution >= 0.6 is 23.1 Å². The fraction of sp³-hybridized carbons (Fsp3) is 0.500. The van der Waals surface area contributed by atoms with Gasteiger partial charge < -0.3 is 10.5 Å². The lowest BCUT2D eigenvalue weighted by Crippen LogP contribution is -2.32. The molecule has 2 heterocycles. The smallest absolute Gasteiger partial charge is 0.322 e. The first-order chi connectivity index (χ1) is 10.1. The van der Waals surface area contributed by atoms with Crippen molar-refractivity contribution in [1.82, 2.24) is 14.6 Å². The molecule has 0 fully saturated rings. The Kier molecular flexibility index (Phi) is 5.71. The molecule has 0 aromatic carbocycles. The summed E-state index contributed by atoms with van der Waals surface area (Å²) in [6.45, 7) is 2.08. The lowest BCUT2D eigenvalue weighted by molar-refractivity contribution is -0.144. The number of esters is 1. The van der Waals surface area contributed by atoms with E-state index in [9.17, 15) is 9.59 Å². The molecule has 21 heavy (non-hydrogen) atoms. The average Bonchev–Trinajstić information content (AvgIpc) is 2.92. The van der Waals surface area contributed by atoms with Gasteiger partial charge in [0.05, 0.1) is 12.3 Å². The third-order valence-corrected chi connectivity index (χ3v) is 4.35. The minimum atomic E-state index is -0.597. The van der Waals surface area contributed by atoms with Gasteiger partial charge in [0.15, 0.2) is 0 Å². The predicted octanol–water partition coefficient (Wildman–Crippen LogP) is 0.665. The maximum Gasteiger partial charge on any atom is 0.322 e. The molecule has 9 heteroatoms. The van der Waals surface area contributed by atoms with Crippen LogP contribution in [0.2, 0.25) is 0 Å². The highest BCUT2D eigenvalue weighted by atomic mass is 32.2. The molecule has 0 aliphatic heterocycles. The molecule has 0 bridgehead atoms. The first kappa shape index (κ1) is 15.9. The predicted molar refractivity (Wildman–Crippen MR) is 82.5 cm³/mol. The second-order valence-corrected chi connectivity index (χ2v) is 6.14. The van der Waals surface area contributed by atoms with Crippen LogP contribution < -0.4 is 11.3 Å². The van der Waals surface area contributed by atoms with Crippen molar-refractivity contribution in [3.8, 4) is 0 Å². The molecule has 2 aromatic rings. The van der Waals surface area contributed by atoms with Gasteiger partial charge in [0.25, 0.3) is 5.56 Å². The maximum absolute atomic E-state index is 11.7. The van der Waals surface area contributed by atoms with Crippen molar-refractivity contribution in [3.63, 3.8) is 0 Å². The Labute approximate surface area is 129 Å². The summed E-state index contributed by atoms with van der Waals surface area (Å²) in [6.07, 6.45) is 0.533. The van der Waals surface area contributed by atoms with Crippen molar-refractivity contribution in [1.29, 1.82) is 0 Å². The highest BCUT2D eigenvalue weighted by Crippen LogP contribution is 2.13. The van der Waals surface area contributed by atoms with Crippen molar-refractivity contribution in [3.05, 3.63) is 27.6 Å². The summed E-state index contributed by atoms with van der Waals surface area (Å²) in [5.41, 5.74) is 7.81. The van der Waals surface area contributed by atoms with E-state index in [1.54, 1.807) is 24.2 Å². The van der Waals surface area contributed by atoms with Crippen LogP contribution in [0.5, 0.6) is 0 Å². The molecule has 0 aliphatic carbocycles. The van der Waals surface area contributed by atoms with Crippen LogP contribution in [0.1, 0.15) is 19.0 Å². The van der Waals surface area contributed by atoms with Crippen molar-refractivity contribution in [2.75, 3.05) is 12.4 Å². The van der Waals surface area contributed by atoms with E-state index >= 15 is 0 Å². The summed E-state index contributed by atoms with van der Waals surface area (Å²) >= 11 is 2.90. The second-order valence-electron chi connectivity index (χ2n) is 4.22. The first-order valence-corrected chi connectivity index (χ1v) is 8.47. The number of aromatic nitrogens is 3. The van der Waals surface area contributed by atoms with E-state index in [0.29, 0.717) is 35.2 Å². The molecule has 0 radical (unpaired) electrons. The third-order valence-electron chi connectivity index (χ3n) is 2.65. The summed E-state index contributed by atoms with van der Waals surface area (Å²) in [4.78, 5) is 28.0. The van der Waals surface area contributed by atoms with Crippen molar-refractivity contribution in [2.24, 2.45) is 5.73 Å². The Hall–Kier alpha value is -1.45. The molecule has 0 amide bonds. The zero-order valence-electron chi connectivity index (χ0n) is 11.5. The molecule has 2 aromatic heterocycles. The molecule has 2 rings (SSSR count). The molecule has 1 unspecified atom stereocenters. The summed E-state index contributed by atoms with van der Waals surface area (Å²) in [5.74, 6) is 0.920. The number of carbonyl (C=O) groups is 1. The van der Waals surface area contributed by atoms with Gasteiger partial charge in [-0.2, -0.15) is 21.4 Å². The Morgan fingerprint density at radius 2 is 2.43 bits per heavy atom. The number of thioether (sulfide) groups is 1. The summed E-state index contributed by atoms with van der Waals surface area (Å²) < 4.78 is 6.11. The van der Waals surface area contributed by atoms with Crippen LogP contribution in [-0.4, -0.2) is 39.0 Å². The molecule has 7 nitrogen and oxygen atoms in total. The maximum atomic E-state index is 11.7. The average molecular weight is 328 g/mol. The van der Waals surface area contributed by atoms with Crippen LogP contribution in [0, 0.1) is 0 Å². The number of rotatable bonds is 7. The largest absolute Gasteiger partial charge is 0.465 e. The van der Waals surface area contributed by atoms with E-state index in [2.05, 4.69) is 10.1 Å². The Bertz CT molecular complexity index is 670. The van der Waals surface area contributed by atoms with Crippen molar-refractivity contribution < 1.29 is 9.53 Å². The van der Waals surface area contributed by atoms with Gasteiger partial charge in [0.2, 0.25) is 4.96 Å². The number of nitrogens with zero attached hydrogens (tertiary/aromatic N) is 3. The number of nitrogens with two attached hydrogens (primary N) is 1. The van der Waals surface area contributed by atoms with E-state index in [4.69, 9.17) is 10.5 Å². The first-order valence-electron chi connectivity index (χ1n) is 6.44. The molecular weight excluding hydrogens is 312 g/mol. The highest BCUT2D eigenvalue weighted by Gasteiger charge is 2.14. The zero-order chi connectivity index (χ0) is 15.2. The van der Waals surface area contributed by atoms with E-state index < -0.39 is 6.04 Å². The minimum Gasteiger partial charge on any atom is -0.465 e. The van der Waals surface area contributed by atoms with E-state index in [1.165, 1.54) is 21.9 Å². The molecule has 1 atom stereocenters. The number of ether oxygens (including phenoxy) is 1. The summed E-state index contributed by atoms with van der Waals surface area (Å²) in [7, 11) is 0. The van der Waals surface area contributed by atoms with Gasteiger partial charge in [0, 0.05) is 11.8 Å². The van der Waals surface area contributed by atoms with Gasteiger partial charge >= 0.3 is 5.97 Å². The highest BCUT2D eigenvalue weighted by molar-refractivity contribution is 7.98. The Morgan fingerprint density at radius 1 is 1.62 bits per heavy atom. The lowest BCUT2D eigenvalue weighted by atomic mass is 10.2. The normalized spacial score (nSPS) is 12.5. The number of fused-ring (bicyclic) bond motifs is 1. The molecule has 0 saturated heterocycles. The van der Waals surface area contributed by atoms with Crippen LogP contribution in [0.25, 0.3) is 4.96 Å². The number of carbonyl (C=O) groups excluding carboxylic acids is 1. The van der Waals surface area contributed by atoms with Gasteiger partial charge in [-0.3, -0.25) is 9.59 Å². The number of hydrogen-bond acceptors (Lipinski definition) is 8. The van der Waals surface area contributed by atoms with E-state index in [-0.39, 0.29) is 11.5 Å². The van der Waals surface area contributed by atoms with E-state index in [1.807, 2.05) is 0 Å². The molecular formula is C12H16N4O3S2. The molecule has 0 saturated carbocycles. The molecule has 2 N–H and O–H groups in total. The van der Waals surface area contributed by atoms with Gasteiger partial charge in [-0.15, -0.1) is 0 Å². The fourth-order valence-electron chi connectivity index (χ4n) is 1.63. The molecule has 114 valence electrons. The van der Waals surface area contributed by atoms with E-state index in [0.717, 1.165) is 0 Å². The fourth-order valence-corrected chi connectivity index (χ4v) is 3.19. The summed E-state index contributed by atoms with van der Waals surface area (Å²) in [5, 5.41) is 3.90. The quantitative estimate of drug-likeness (QED) is 0.589. The van der Waals surface area contributed by atoms with Crippen LogP contribution in [-0.2, 0) is 15.3 Å². The SMILES string of the molecule is CCOC(=O)C(N)CCSCc1cc(=O)n2ncsc2n1. The van der Waals surface area contributed by atoms with Crippen LogP contribution in [0.3, 0.4) is 0 Å². The van der Waals surface area contributed by atoms with Crippen molar-refractivity contribution in [2.45, 2.75) is 25.1 Å². The number of hydrogen-bond donors (Lipinski definition) is 1. The lowest BCUT2D eigenvalue weighted by Gasteiger charge is -2.09. The van der Waals surface area contributed by atoms with Crippen LogP contribution in [0.4, 0.5) is 0 Å². The Balaban J connectivity index is 1.82. The summed E-state index contributed by atoms with van der Waals surface area (Å²) in [6, 6.07) is 0.880. The van der Waals surface area contributed by atoms with Gasteiger partial charge in [-0.05, 0) is 19.1 Å². The molecule has 0 aliphatic rings. The topological polar surface area (TPSA) is 99.6 Å². The second kappa shape index (κ2) is 7.53. The zero-order valence-corrected chi connectivity index (χ0v) is 13.2. The minimum absolute atomic E-state index is 0.180. The van der Waals surface area contributed by atoms with Gasteiger partial charge in [-0.1, -0.05) is 11.3 Å². The van der Waals surface area contributed by atoms with Crippen molar-refractivity contribution >= 4 is 34.0 Å².